The molecule has 0 amide bonds. The van der Waals surface area contributed by atoms with Gasteiger partial charge in [-0.3, -0.25) is 0 Å². The first-order valence-corrected chi connectivity index (χ1v) is 7.40. The highest BCUT2D eigenvalue weighted by Gasteiger charge is 1.90. The van der Waals surface area contributed by atoms with Gasteiger partial charge in [-0.25, -0.2) is 0 Å². The zero-order valence-corrected chi connectivity index (χ0v) is 13.2. The maximum absolute atomic E-state index is 6.05. The van der Waals surface area contributed by atoms with Crippen molar-refractivity contribution in [1.29, 1.82) is 0 Å². The number of allylic oxidation sites excluding steroid dienone is 2. The van der Waals surface area contributed by atoms with Crippen LogP contribution in [0.15, 0.2) is 80.9 Å². The standard InChI is InChI=1S/C18H14Cl2N2/c19-17(11-15-7-3-1-4-8-15)13-21-22-14-18(20)12-16-9-5-2-6-10-16/h1-14H. The van der Waals surface area contributed by atoms with Crippen LogP contribution in [0.2, 0.25) is 0 Å². The van der Waals surface area contributed by atoms with Crippen molar-refractivity contribution in [2.45, 2.75) is 0 Å². The molecule has 2 aromatic carbocycles. The molecule has 0 bridgehead atoms. The quantitative estimate of drug-likeness (QED) is 0.504. The van der Waals surface area contributed by atoms with E-state index < -0.39 is 0 Å². The lowest BCUT2D eigenvalue weighted by Crippen LogP contribution is -1.77. The number of nitrogens with zero attached hydrogens (tertiary/aromatic N) is 2. The van der Waals surface area contributed by atoms with Crippen molar-refractivity contribution in [3.05, 3.63) is 81.9 Å². The van der Waals surface area contributed by atoms with E-state index >= 15 is 0 Å². The molecule has 0 aromatic heterocycles. The van der Waals surface area contributed by atoms with Crippen molar-refractivity contribution >= 4 is 47.8 Å². The summed E-state index contributed by atoms with van der Waals surface area (Å²) in [6.45, 7) is 0. The van der Waals surface area contributed by atoms with Crippen LogP contribution >= 0.6 is 23.2 Å². The molecule has 2 aromatic rings. The minimum Gasteiger partial charge on any atom is -0.158 e. The first-order chi connectivity index (χ1) is 10.7. The van der Waals surface area contributed by atoms with Gasteiger partial charge in [-0.15, -0.1) is 0 Å². The maximum atomic E-state index is 6.05. The van der Waals surface area contributed by atoms with Gasteiger partial charge in [0.05, 0.1) is 22.5 Å². The molecule has 2 rings (SSSR count). The average Bonchev–Trinajstić information content (AvgIpc) is 2.53. The number of hydrogen-bond acceptors (Lipinski definition) is 2. The van der Waals surface area contributed by atoms with Crippen LogP contribution in [0, 0.1) is 0 Å². The fraction of sp³-hybridized carbons (Fsp3) is 0. The van der Waals surface area contributed by atoms with Crippen molar-refractivity contribution in [1.82, 2.24) is 0 Å². The first-order valence-electron chi connectivity index (χ1n) is 6.65. The van der Waals surface area contributed by atoms with Crippen molar-refractivity contribution < 1.29 is 0 Å². The van der Waals surface area contributed by atoms with E-state index in [1.165, 1.54) is 12.4 Å². The lowest BCUT2D eigenvalue weighted by molar-refractivity contribution is 1.27. The summed E-state index contributed by atoms with van der Waals surface area (Å²) in [6.07, 6.45) is 6.56. The molecule has 0 heterocycles. The average molecular weight is 329 g/mol. The van der Waals surface area contributed by atoms with Crippen LogP contribution in [0.1, 0.15) is 11.1 Å². The third kappa shape index (κ3) is 6.08. The smallest absolute Gasteiger partial charge is 0.0682 e. The van der Waals surface area contributed by atoms with Gasteiger partial charge in [-0.2, -0.15) is 10.2 Å². The summed E-state index contributed by atoms with van der Waals surface area (Å²) in [4.78, 5) is 0. The highest BCUT2D eigenvalue weighted by Crippen LogP contribution is 2.09. The Balaban J connectivity index is 1.94. The van der Waals surface area contributed by atoms with Gasteiger partial charge in [-0.1, -0.05) is 83.9 Å². The summed E-state index contributed by atoms with van der Waals surface area (Å²) in [5, 5.41) is 8.72. The second-order valence-corrected chi connectivity index (χ2v) is 5.24. The molecule has 22 heavy (non-hydrogen) atoms. The summed E-state index contributed by atoms with van der Waals surface area (Å²) in [5.74, 6) is 0. The Labute approximate surface area is 140 Å². The Morgan fingerprint density at radius 1 is 0.636 bits per heavy atom. The zero-order valence-electron chi connectivity index (χ0n) is 11.7. The summed E-state index contributed by atoms with van der Waals surface area (Å²) in [6, 6.07) is 19.5. The number of rotatable bonds is 5. The molecule has 0 aliphatic carbocycles. The van der Waals surface area contributed by atoms with E-state index in [1.807, 2.05) is 72.8 Å². The van der Waals surface area contributed by atoms with Gasteiger partial charge in [0.15, 0.2) is 0 Å². The van der Waals surface area contributed by atoms with Gasteiger partial charge < -0.3 is 0 Å². The monoisotopic (exact) mass is 328 g/mol. The van der Waals surface area contributed by atoms with Crippen LogP contribution in [0.5, 0.6) is 0 Å². The largest absolute Gasteiger partial charge is 0.158 e. The highest BCUT2D eigenvalue weighted by molar-refractivity contribution is 6.42. The molecule has 0 fully saturated rings. The van der Waals surface area contributed by atoms with E-state index in [2.05, 4.69) is 10.2 Å². The minimum absolute atomic E-state index is 0.492. The topological polar surface area (TPSA) is 24.7 Å². The molecule has 2 nitrogen and oxygen atoms in total. The summed E-state index contributed by atoms with van der Waals surface area (Å²) < 4.78 is 0. The molecule has 0 atom stereocenters. The molecule has 4 heteroatoms. The maximum Gasteiger partial charge on any atom is 0.0682 e. The fourth-order valence-electron chi connectivity index (χ4n) is 1.67. The molecular weight excluding hydrogens is 315 g/mol. The molecule has 0 saturated carbocycles. The van der Waals surface area contributed by atoms with Gasteiger partial charge >= 0.3 is 0 Å². The minimum atomic E-state index is 0.492. The molecule has 0 radical (unpaired) electrons. The van der Waals surface area contributed by atoms with Gasteiger partial charge in [-0.05, 0) is 23.3 Å². The molecule has 0 unspecified atom stereocenters. The highest BCUT2D eigenvalue weighted by atomic mass is 35.5. The lowest BCUT2D eigenvalue weighted by Gasteiger charge is -1.92. The number of hydrogen-bond donors (Lipinski definition) is 0. The number of benzene rings is 2. The molecule has 0 spiro atoms. The number of halogens is 2. The van der Waals surface area contributed by atoms with E-state index in [1.54, 1.807) is 0 Å². The predicted molar refractivity (Wildman–Crippen MR) is 97.5 cm³/mol. The summed E-state index contributed by atoms with van der Waals surface area (Å²) in [5.41, 5.74) is 2.01. The SMILES string of the molecule is ClC(C=NN=CC(Cl)=Cc1ccccc1)=Cc1ccccc1. The molecule has 110 valence electrons. The van der Waals surface area contributed by atoms with Crippen molar-refractivity contribution in [3.8, 4) is 0 Å². The Kier molecular flexibility index (Phi) is 6.62. The first kappa shape index (κ1) is 16.2. The Hall–Kier alpha value is -2.16. The van der Waals surface area contributed by atoms with Gasteiger partial charge in [0.2, 0.25) is 0 Å². The third-order valence-electron chi connectivity index (χ3n) is 2.64. The van der Waals surface area contributed by atoms with Crippen molar-refractivity contribution in [2.24, 2.45) is 10.2 Å². The molecule has 0 aliphatic heterocycles. The van der Waals surface area contributed by atoms with E-state index in [-0.39, 0.29) is 0 Å². The van der Waals surface area contributed by atoms with E-state index in [4.69, 9.17) is 23.2 Å². The van der Waals surface area contributed by atoms with Gasteiger partial charge in [0, 0.05) is 0 Å². The van der Waals surface area contributed by atoms with Crippen molar-refractivity contribution in [3.63, 3.8) is 0 Å². The Morgan fingerprint density at radius 3 is 1.36 bits per heavy atom. The van der Waals surface area contributed by atoms with Crippen LogP contribution in [0.25, 0.3) is 12.2 Å². The van der Waals surface area contributed by atoms with Gasteiger partial charge in [0.1, 0.15) is 0 Å². The van der Waals surface area contributed by atoms with E-state index in [9.17, 15) is 0 Å². The normalized spacial score (nSPS) is 13.2. The fourth-order valence-corrected chi connectivity index (χ4v) is 2.01. The second-order valence-electron chi connectivity index (χ2n) is 4.37. The van der Waals surface area contributed by atoms with E-state index in [0.29, 0.717) is 10.1 Å². The van der Waals surface area contributed by atoms with Crippen LogP contribution in [0.4, 0.5) is 0 Å². The van der Waals surface area contributed by atoms with Gasteiger partial charge in [0.25, 0.3) is 0 Å². The molecule has 0 N–H and O–H groups in total. The van der Waals surface area contributed by atoms with Crippen LogP contribution in [-0.4, -0.2) is 12.4 Å². The van der Waals surface area contributed by atoms with Crippen LogP contribution < -0.4 is 0 Å². The van der Waals surface area contributed by atoms with Crippen LogP contribution in [-0.2, 0) is 0 Å². The van der Waals surface area contributed by atoms with Crippen molar-refractivity contribution in [2.75, 3.05) is 0 Å². The molecule has 0 saturated heterocycles. The van der Waals surface area contributed by atoms with E-state index in [0.717, 1.165) is 11.1 Å². The molecule has 0 aliphatic rings. The molecular formula is C18H14Cl2N2. The summed E-state index contributed by atoms with van der Waals surface area (Å²) >= 11 is 12.1. The second kappa shape index (κ2) is 8.98. The Morgan fingerprint density at radius 2 is 1.00 bits per heavy atom. The zero-order chi connectivity index (χ0) is 15.6. The summed E-state index contributed by atoms with van der Waals surface area (Å²) in [7, 11) is 0. The third-order valence-corrected chi connectivity index (χ3v) is 3.05. The Bertz CT molecular complexity index is 639. The predicted octanol–water partition coefficient (Wildman–Crippen LogP) is 5.60. The van der Waals surface area contributed by atoms with Crippen LogP contribution in [0.3, 0.4) is 0 Å². The lowest BCUT2D eigenvalue weighted by atomic mass is 10.2.